The van der Waals surface area contributed by atoms with E-state index in [1.807, 2.05) is 26.0 Å². The Labute approximate surface area is 150 Å². The van der Waals surface area contributed by atoms with E-state index in [1.165, 1.54) is 19.2 Å². The van der Waals surface area contributed by atoms with Crippen molar-refractivity contribution in [2.75, 3.05) is 17.7 Å². The molecular formula is C18H19N3O5. The van der Waals surface area contributed by atoms with Crippen LogP contribution in [0.3, 0.4) is 0 Å². The Morgan fingerprint density at radius 3 is 2.19 bits per heavy atom. The lowest BCUT2D eigenvalue weighted by Crippen LogP contribution is -2.29. The van der Waals surface area contributed by atoms with Crippen LogP contribution in [0.2, 0.25) is 0 Å². The zero-order valence-electron chi connectivity index (χ0n) is 14.6. The smallest absolute Gasteiger partial charge is 0.314 e. The van der Waals surface area contributed by atoms with Crippen LogP contribution < -0.4 is 15.4 Å². The number of carbonyl (C=O) groups is 2. The summed E-state index contributed by atoms with van der Waals surface area (Å²) in [6.45, 7) is 4.10. The highest BCUT2D eigenvalue weighted by Gasteiger charge is 2.18. The van der Waals surface area contributed by atoms with E-state index >= 15 is 0 Å². The van der Waals surface area contributed by atoms with Gasteiger partial charge in [0.15, 0.2) is 0 Å². The molecule has 0 atom stereocenters. The molecule has 26 heavy (non-hydrogen) atoms. The minimum Gasteiger partial charge on any atom is -0.495 e. The molecular weight excluding hydrogens is 338 g/mol. The number of amides is 2. The third-order valence-corrected chi connectivity index (χ3v) is 3.68. The van der Waals surface area contributed by atoms with Crippen LogP contribution in [-0.4, -0.2) is 23.8 Å². The SMILES string of the molecule is COc1ccc([N+](=O)[O-])cc1NC(=O)C(=O)Nc1ccc(C(C)C)cc1. The van der Waals surface area contributed by atoms with E-state index in [0.29, 0.717) is 11.6 Å². The van der Waals surface area contributed by atoms with E-state index in [0.717, 1.165) is 11.6 Å². The van der Waals surface area contributed by atoms with Crippen LogP contribution in [0.25, 0.3) is 0 Å². The third-order valence-electron chi connectivity index (χ3n) is 3.68. The monoisotopic (exact) mass is 357 g/mol. The lowest BCUT2D eigenvalue weighted by molar-refractivity contribution is -0.384. The first kappa shape index (κ1) is 18.9. The Bertz CT molecular complexity index is 831. The van der Waals surface area contributed by atoms with Gasteiger partial charge in [-0.25, -0.2) is 0 Å². The molecule has 0 bridgehead atoms. The van der Waals surface area contributed by atoms with Gasteiger partial charge in [-0.1, -0.05) is 26.0 Å². The van der Waals surface area contributed by atoms with Crippen molar-refractivity contribution in [1.29, 1.82) is 0 Å². The van der Waals surface area contributed by atoms with Crippen molar-refractivity contribution in [2.45, 2.75) is 19.8 Å². The number of non-ortho nitro benzene ring substituents is 1. The van der Waals surface area contributed by atoms with Crippen LogP contribution in [0.4, 0.5) is 17.1 Å². The van der Waals surface area contributed by atoms with Crippen molar-refractivity contribution >= 4 is 28.9 Å². The Morgan fingerprint density at radius 1 is 1.04 bits per heavy atom. The second-order valence-electron chi connectivity index (χ2n) is 5.83. The van der Waals surface area contributed by atoms with Gasteiger partial charge in [0.2, 0.25) is 0 Å². The van der Waals surface area contributed by atoms with Crippen LogP contribution in [0, 0.1) is 10.1 Å². The van der Waals surface area contributed by atoms with E-state index in [-0.39, 0.29) is 17.1 Å². The molecule has 136 valence electrons. The first-order chi connectivity index (χ1) is 12.3. The maximum atomic E-state index is 12.1. The first-order valence-electron chi connectivity index (χ1n) is 7.86. The second-order valence-corrected chi connectivity index (χ2v) is 5.83. The molecule has 0 spiro atoms. The van der Waals surface area contributed by atoms with Gasteiger partial charge in [-0.2, -0.15) is 0 Å². The summed E-state index contributed by atoms with van der Waals surface area (Å²) in [5.74, 6) is -1.30. The molecule has 2 rings (SSSR count). The van der Waals surface area contributed by atoms with Crippen LogP contribution in [0.15, 0.2) is 42.5 Å². The number of ether oxygens (including phenoxy) is 1. The van der Waals surface area contributed by atoms with Crippen molar-refractivity contribution in [3.8, 4) is 5.75 Å². The van der Waals surface area contributed by atoms with Crippen molar-refractivity contribution in [1.82, 2.24) is 0 Å². The highest BCUT2D eigenvalue weighted by atomic mass is 16.6. The lowest BCUT2D eigenvalue weighted by atomic mass is 10.0. The molecule has 0 fully saturated rings. The van der Waals surface area contributed by atoms with E-state index in [9.17, 15) is 19.7 Å². The van der Waals surface area contributed by atoms with Gasteiger partial charge in [-0.3, -0.25) is 19.7 Å². The van der Waals surface area contributed by atoms with Crippen LogP contribution in [-0.2, 0) is 9.59 Å². The highest BCUT2D eigenvalue weighted by molar-refractivity contribution is 6.43. The Balaban J connectivity index is 2.10. The first-order valence-corrected chi connectivity index (χ1v) is 7.86. The van der Waals surface area contributed by atoms with Gasteiger partial charge in [0.1, 0.15) is 5.75 Å². The number of nitro benzene ring substituents is 1. The number of hydrogen-bond acceptors (Lipinski definition) is 5. The molecule has 0 heterocycles. The largest absolute Gasteiger partial charge is 0.495 e. The molecule has 8 nitrogen and oxygen atoms in total. The molecule has 0 saturated heterocycles. The number of rotatable bonds is 5. The molecule has 0 radical (unpaired) electrons. The number of nitrogens with zero attached hydrogens (tertiary/aromatic N) is 1. The summed E-state index contributed by atoms with van der Waals surface area (Å²) < 4.78 is 5.05. The summed E-state index contributed by atoms with van der Waals surface area (Å²) in [6.07, 6.45) is 0. The molecule has 2 aromatic rings. The van der Waals surface area contributed by atoms with Gasteiger partial charge in [0, 0.05) is 17.8 Å². The second kappa shape index (κ2) is 8.11. The van der Waals surface area contributed by atoms with Gasteiger partial charge in [0.25, 0.3) is 5.69 Å². The molecule has 0 saturated carbocycles. The molecule has 0 aliphatic carbocycles. The molecule has 2 aromatic carbocycles. The molecule has 0 aliphatic rings. The minimum atomic E-state index is -0.961. The Morgan fingerprint density at radius 2 is 1.65 bits per heavy atom. The standard InChI is InChI=1S/C18H19N3O5/c1-11(2)12-4-6-13(7-5-12)19-17(22)18(23)20-15-10-14(21(24)25)8-9-16(15)26-3/h4-11H,1-3H3,(H,19,22)(H,20,23). The maximum absolute atomic E-state index is 12.1. The van der Waals surface area contributed by atoms with Crippen LogP contribution in [0.1, 0.15) is 25.3 Å². The Hall–Kier alpha value is -3.42. The quantitative estimate of drug-likeness (QED) is 0.484. The van der Waals surface area contributed by atoms with Crippen molar-refractivity contribution < 1.29 is 19.2 Å². The minimum absolute atomic E-state index is 0.0389. The topological polar surface area (TPSA) is 111 Å². The number of benzene rings is 2. The summed E-state index contributed by atoms with van der Waals surface area (Å²) in [4.78, 5) is 34.4. The summed E-state index contributed by atoms with van der Waals surface area (Å²) >= 11 is 0. The number of nitrogens with one attached hydrogen (secondary N) is 2. The summed E-state index contributed by atoms with van der Waals surface area (Å²) in [5.41, 5.74) is 1.39. The molecule has 2 amide bonds. The average Bonchev–Trinajstić information content (AvgIpc) is 2.61. The highest BCUT2D eigenvalue weighted by Crippen LogP contribution is 2.28. The fourth-order valence-electron chi connectivity index (χ4n) is 2.23. The normalized spacial score (nSPS) is 10.3. The number of methoxy groups -OCH3 is 1. The zero-order valence-corrected chi connectivity index (χ0v) is 14.6. The summed E-state index contributed by atoms with van der Waals surface area (Å²) in [6, 6.07) is 10.8. The fourth-order valence-corrected chi connectivity index (χ4v) is 2.23. The number of nitro groups is 1. The molecule has 0 aromatic heterocycles. The van der Waals surface area contributed by atoms with Gasteiger partial charge in [-0.15, -0.1) is 0 Å². The number of anilines is 2. The van der Waals surface area contributed by atoms with Gasteiger partial charge in [0.05, 0.1) is 17.7 Å². The predicted octanol–water partition coefficient (Wildman–Crippen LogP) is 3.30. The average molecular weight is 357 g/mol. The van der Waals surface area contributed by atoms with E-state index in [4.69, 9.17) is 4.74 Å². The van der Waals surface area contributed by atoms with Crippen LogP contribution >= 0.6 is 0 Å². The lowest BCUT2D eigenvalue weighted by Gasteiger charge is -2.11. The van der Waals surface area contributed by atoms with E-state index in [1.54, 1.807) is 12.1 Å². The number of hydrogen-bond donors (Lipinski definition) is 2. The summed E-state index contributed by atoms with van der Waals surface area (Å²) in [7, 11) is 1.35. The van der Waals surface area contributed by atoms with Gasteiger partial charge < -0.3 is 15.4 Å². The van der Waals surface area contributed by atoms with Crippen molar-refractivity contribution in [3.05, 3.63) is 58.1 Å². The van der Waals surface area contributed by atoms with Crippen molar-refractivity contribution in [3.63, 3.8) is 0 Å². The maximum Gasteiger partial charge on any atom is 0.314 e. The van der Waals surface area contributed by atoms with E-state index in [2.05, 4.69) is 10.6 Å². The van der Waals surface area contributed by atoms with Crippen LogP contribution in [0.5, 0.6) is 5.75 Å². The van der Waals surface area contributed by atoms with E-state index < -0.39 is 16.7 Å². The molecule has 2 N–H and O–H groups in total. The molecule has 8 heteroatoms. The summed E-state index contributed by atoms with van der Waals surface area (Å²) in [5, 5.41) is 15.7. The molecule has 0 unspecified atom stereocenters. The third kappa shape index (κ3) is 4.56. The number of carbonyl (C=O) groups excluding carboxylic acids is 2. The predicted molar refractivity (Wildman–Crippen MR) is 97.4 cm³/mol. The Kier molecular flexibility index (Phi) is 5.90. The van der Waals surface area contributed by atoms with Gasteiger partial charge >= 0.3 is 11.8 Å². The van der Waals surface area contributed by atoms with Gasteiger partial charge in [-0.05, 0) is 29.7 Å². The molecule has 0 aliphatic heterocycles. The van der Waals surface area contributed by atoms with Crippen molar-refractivity contribution in [2.24, 2.45) is 0 Å². The fraction of sp³-hybridized carbons (Fsp3) is 0.222. The zero-order chi connectivity index (χ0) is 19.3.